The molecule has 0 unspecified atom stereocenters. The van der Waals surface area contributed by atoms with Crippen LogP contribution < -0.4 is 0 Å². The summed E-state index contributed by atoms with van der Waals surface area (Å²) in [4.78, 5) is 4.60. The van der Waals surface area contributed by atoms with Crippen molar-refractivity contribution in [3.05, 3.63) is 35.1 Å². The highest BCUT2D eigenvalue weighted by Gasteiger charge is 2.16. The minimum Gasteiger partial charge on any atom is -0.395 e. The van der Waals surface area contributed by atoms with Crippen LogP contribution in [0.25, 0.3) is 0 Å². The molecule has 0 aromatic heterocycles. The summed E-state index contributed by atoms with van der Waals surface area (Å²) in [5.74, 6) is -0.158. The second kappa shape index (κ2) is 6.27. The molecule has 0 aliphatic carbocycles. The number of nitrogens with zero attached hydrogens (tertiary/aromatic N) is 2. The second-order valence-electron chi connectivity index (χ2n) is 4.91. The van der Waals surface area contributed by atoms with Gasteiger partial charge >= 0.3 is 0 Å². The zero-order valence-electron chi connectivity index (χ0n) is 10.9. The monoisotopic (exact) mass is 252 g/mol. The molecule has 1 fully saturated rings. The van der Waals surface area contributed by atoms with Gasteiger partial charge in [-0.15, -0.1) is 0 Å². The molecule has 0 amide bonds. The van der Waals surface area contributed by atoms with Crippen LogP contribution >= 0.6 is 0 Å². The molecule has 1 heterocycles. The molecule has 2 rings (SSSR count). The van der Waals surface area contributed by atoms with Crippen LogP contribution in [0.3, 0.4) is 0 Å². The Morgan fingerprint density at radius 3 is 2.50 bits per heavy atom. The van der Waals surface area contributed by atoms with Crippen molar-refractivity contribution in [3.8, 4) is 0 Å². The van der Waals surface area contributed by atoms with E-state index in [1.54, 1.807) is 6.07 Å². The third kappa shape index (κ3) is 3.51. The Morgan fingerprint density at radius 2 is 1.83 bits per heavy atom. The number of aryl methyl sites for hydroxylation is 1. The Morgan fingerprint density at radius 1 is 1.17 bits per heavy atom. The van der Waals surface area contributed by atoms with Crippen LogP contribution in [-0.2, 0) is 6.54 Å². The molecule has 4 heteroatoms. The number of β-amino-alcohol motifs (C(OH)–C–C–N with tert-alkyl or cyclic N) is 1. The molecule has 0 saturated carbocycles. The van der Waals surface area contributed by atoms with Gasteiger partial charge in [0, 0.05) is 39.3 Å². The third-order valence-corrected chi connectivity index (χ3v) is 3.59. The van der Waals surface area contributed by atoms with E-state index < -0.39 is 0 Å². The molecule has 1 aromatic rings. The van der Waals surface area contributed by atoms with Gasteiger partial charge in [-0.3, -0.25) is 9.80 Å². The predicted molar refractivity (Wildman–Crippen MR) is 69.9 cm³/mol. The second-order valence-corrected chi connectivity index (χ2v) is 4.91. The van der Waals surface area contributed by atoms with Gasteiger partial charge in [0.1, 0.15) is 5.82 Å². The summed E-state index contributed by atoms with van der Waals surface area (Å²) in [6.45, 7) is 7.75. The highest BCUT2D eigenvalue weighted by Crippen LogP contribution is 2.14. The quantitative estimate of drug-likeness (QED) is 0.873. The first kappa shape index (κ1) is 13.5. The highest BCUT2D eigenvalue weighted by atomic mass is 19.1. The highest BCUT2D eigenvalue weighted by molar-refractivity contribution is 5.26. The van der Waals surface area contributed by atoms with Crippen molar-refractivity contribution in [2.24, 2.45) is 0 Å². The fourth-order valence-electron chi connectivity index (χ4n) is 2.36. The maximum Gasteiger partial charge on any atom is 0.123 e. The lowest BCUT2D eigenvalue weighted by Gasteiger charge is -2.34. The minimum atomic E-state index is -0.158. The third-order valence-electron chi connectivity index (χ3n) is 3.59. The molecule has 0 spiro atoms. The van der Waals surface area contributed by atoms with E-state index in [1.165, 1.54) is 6.07 Å². The van der Waals surface area contributed by atoms with Crippen molar-refractivity contribution < 1.29 is 9.50 Å². The van der Waals surface area contributed by atoms with E-state index >= 15 is 0 Å². The van der Waals surface area contributed by atoms with E-state index in [0.29, 0.717) is 0 Å². The van der Waals surface area contributed by atoms with E-state index in [0.717, 1.165) is 50.4 Å². The largest absolute Gasteiger partial charge is 0.395 e. The van der Waals surface area contributed by atoms with Crippen molar-refractivity contribution in [1.82, 2.24) is 9.80 Å². The Kier molecular flexibility index (Phi) is 4.69. The number of hydrogen-bond acceptors (Lipinski definition) is 3. The van der Waals surface area contributed by atoms with Crippen LogP contribution in [0, 0.1) is 12.7 Å². The number of aliphatic hydroxyl groups is 1. The molecule has 1 aliphatic rings. The number of hydrogen-bond donors (Lipinski definition) is 1. The van der Waals surface area contributed by atoms with Crippen LogP contribution in [0.4, 0.5) is 4.39 Å². The topological polar surface area (TPSA) is 26.7 Å². The van der Waals surface area contributed by atoms with Gasteiger partial charge in [-0.05, 0) is 30.2 Å². The number of aliphatic hydroxyl groups excluding tert-OH is 1. The Hall–Kier alpha value is -0.970. The summed E-state index contributed by atoms with van der Waals surface area (Å²) < 4.78 is 13.2. The van der Waals surface area contributed by atoms with Gasteiger partial charge in [-0.1, -0.05) is 6.07 Å². The van der Waals surface area contributed by atoms with Crippen molar-refractivity contribution in [3.63, 3.8) is 0 Å². The van der Waals surface area contributed by atoms with Gasteiger partial charge in [0.15, 0.2) is 0 Å². The van der Waals surface area contributed by atoms with Crippen LogP contribution in [0.5, 0.6) is 0 Å². The fraction of sp³-hybridized carbons (Fsp3) is 0.571. The lowest BCUT2D eigenvalue weighted by atomic mass is 10.1. The Bertz CT molecular complexity index is 389. The van der Waals surface area contributed by atoms with Gasteiger partial charge in [0.2, 0.25) is 0 Å². The van der Waals surface area contributed by atoms with E-state index in [1.807, 2.05) is 13.0 Å². The normalized spacial score (nSPS) is 18.2. The lowest BCUT2D eigenvalue weighted by molar-refractivity contribution is 0.108. The lowest BCUT2D eigenvalue weighted by Crippen LogP contribution is -2.46. The molecular formula is C14H21FN2O. The van der Waals surface area contributed by atoms with E-state index in [9.17, 15) is 4.39 Å². The molecule has 3 nitrogen and oxygen atoms in total. The summed E-state index contributed by atoms with van der Waals surface area (Å²) in [6.07, 6.45) is 0. The van der Waals surface area contributed by atoms with Gasteiger partial charge in [-0.2, -0.15) is 0 Å². The number of piperazine rings is 1. The van der Waals surface area contributed by atoms with Crippen molar-refractivity contribution in [1.29, 1.82) is 0 Å². The first-order valence-corrected chi connectivity index (χ1v) is 6.49. The van der Waals surface area contributed by atoms with Gasteiger partial charge < -0.3 is 5.11 Å². The average molecular weight is 252 g/mol. The van der Waals surface area contributed by atoms with Crippen LogP contribution in [0.15, 0.2) is 18.2 Å². The van der Waals surface area contributed by atoms with E-state index in [-0.39, 0.29) is 12.4 Å². The Balaban J connectivity index is 1.89. The molecule has 0 bridgehead atoms. The van der Waals surface area contributed by atoms with Crippen molar-refractivity contribution >= 4 is 0 Å². The first-order valence-electron chi connectivity index (χ1n) is 6.49. The number of benzene rings is 1. The summed E-state index contributed by atoms with van der Waals surface area (Å²) in [5.41, 5.74) is 2.22. The summed E-state index contributed by atoms with van der Waals surface area (Å²) in [5, 5.41) is 8.89. The summed E-state index contributed by atoms with van der Waals surface area (Å²) in [7, 11) is 0. The van der Waals surface area contributed by atoms with Gasteiger partial charge in [0.25, 0.3) is 0 Å². The molecule has 1 aliphatic heterocycles. The standard InChI is InChI=1S/C14H21FN2O/c1-12-2-3-14(15)10-13(12)11-17-6-4-16(5-7-17)8-9-18/h2-3,10,18H,4-9,11H2,1H3. The molecular weight excluding hydrogens is 231 g/mol. The minimum absolute atomic E-state index is 0.158. The zero-order chi connectivity index (χ0) is 13.0. The fourth-order valence-corrected chi connectivity index (χ4v) is 2.36. The molecule has 1 aromatic carbocycles. The maximum absolute atomic E-state index is 13.2. The van der Waals surface area contributed by atoms with E-state index in [4.69, 9.17) is 5.11 Å². The van der Waals surface area contributed by atoms with Crippen LogP contribution in [0.2, 0.25) is 0 Å². The van der Waals surface area contributed by atoms with Crippen molar-refractivity contribution in [2.45, 2.75) is 13.5 Å². The molecule has 1 saturated heterocycles. The van der Waals surface area contributed by atoms with Crippen molar-refractivity contribution in [2.75, 3.05) is 39.3 Å². The first-order chi connectivity index (χ1) is 8.69. The summed E-state index contributed by atoms with van der Waals surface area (Å²) >= 11 is 0. The molecule has 100 valence electrons. The molecule has 1 N–H and O–H groups in total. The average Bonchev–Trinajstić information content (AvgIpc) is 2.37. The maximum atomic E-state index is 13.2. The molecule has 0 atom stereocenters. The van der Waals surface area contributed by atoms with Gasteiger partial charge in [0.05, 0.1) is 6.61 Å². The predicted octanol–water partition coefficient (Wildman–Crippen LogP) is 1.24. The number of rotatable bonds is 4. The number of halogens is 1. The molecule has 0 radical (unpaired) electrons. The SMILES string of the molecule is Cc1ccc(F)cc1CN1CCN(CCO)CC1. The zero-order valence-corrected chi connectivity index (χ0v) is 10.9. The smallest absolute Gasteiger partial charge is 0.123 e. The van der Waals surface area contributed by atoms with E-state index in [2.05, 4.69) is 9.80 Å². The van der Waals surface area contributed by atoms with Crippen LogP contribution in [0.1, 0.15) is 11.1 Å². The summed E-state index contributed by atoms with van der Waals surface area (Å²) in [6, 6.07) is 4.99. The molecule has 18 heavy (non-hydrogen) atoms. The Labute approximate surface area is 108 Å². The van der Waals surface area contributed by atoms with Gasteiger partial charge in [-0.25, -0.2) is 4.39 Å². The van der Waals surface area contributed by atoms with Crippen LogP contribution in [-0.4, -0.2) is 54.2 Å².